The normalized spacial score (nSPS) is 11.7. The fourth-order valence-corrected chi connectivity index (χ4v) is 4.30. The summed E-state index contributed by atoms with van der Waals surface area (Å²) in [5.74, 6) is 0.287. The molecule has 6 nitrogen and oxygen atoms in total. The van der Waals surface area contributed by atoms with Crippen LogP contribution in [-0.2, 0) is 17.0 Å². The van der Waals surface area contributed by atoms with Crippen LogP contribution < -0.4 is 10.1 Å². The summed E-state index contributed by atoms with van der Waals surface area (Å²) in [5.41, 5.74) is 4.41. The van der Waals surface area contributed by atoms with Crippen molar-refractivity contribution < 1.29 is 36.0 Å². The minimum Gasteiger partial charge on any atom is -0.358 e. The Bertz CT molecular complexity index is 1410. The number of aryl methyl sites for hydroxylation is 1. The van der Waals surface area contributed by atoms with Gasteiger partial charge in [0.25, 0.3) is 0 Å². The van der Waals surface area contributed by atoms with E-state index in [0.29, 0.717) is 17.3 Å². The maximum Gasteiger partial charge on any atom is -0.358 e. The Morgan fingerprint density at radius 2 is 1.86 bits per heavy atom. The Kier molecular flexibility index (Phi) is 8.20. The second-order valence-corrected chi connectivity index (χ2v) is 9.25. The van der Waals surface area contributed by atoms with E-state index < -0.39 is 5.97 Å². The quantitative estimate of drug-likeness (QED) is 0.262. The Morgan fingerprint density at radius 1 is 1.11 bits per heavy atom. The Labute approximate surface area is 214 Å². The number of nitrogens with zero attached hydrogens (tertiary/aromatic N) is 1. The third-order valence-electron chi connectivity index (χ3n) is 5.39. The van der Waals surface area contributed by atoms with Crippen molar-refractivity contribution in [2.24, 2.45) is 0 Å². The van der Waals surface area contributed by atoms with E-state index >= 15 is 0 Å². The molecule has 1 atom stereocenters. The maximum atomic E-state index is 11.7. The van der Waals surface area contributed by atoms with Crippen LogP contribution >= 0.6 is 0 Å². The van der Waals surface area contributed by atoms with Gasteiger partial charge in [-0.2, -0.15) is 0 Å². The summed E-state index contributed by atoms with van der Waals surface area (Å²) in [5, 5.41) is 13.9. The fraction of sp³-hybridized carbons (Fsp3) is 0.214. The maximum absolute atomic E-state index is 11.7. The number of carboxylic acid groups (broad SMARTS) is 1. The first-order valence-electron chi connectivity index (χ1n) is 11.0. The van der Waals surface area contributed by atoms with Crippen molar-refractivity contribution in [3.63, 3.8) is 0 Å². The molecule has 0 saturated carbocycles. The minimum absolute atomic E-state index is 0. The monoisotopic (exact) mass is 508 g/mol. The molecule has 0 fully saturated rings. The molecular formula is C28H29N2O4V-. The van der Waals surface area contributed by atoms with Crippen LogP contribution in [0.25, 0.3) is 22.3 Å². The average Bonchev–Trinajstić information content (AvgIpc) is 2.79. The number of para-hydroxylation sites is 1. The van der Waals surface area contributed by atoms with Gasteiger partial charge in [0.1, 0.15) is 0 Å². The summed E-state index contributed by atoms with van der Waals surface area (Å²) >= 11 is 2.61. The second-order valence-electron chi connectivity index (χ2n) is 8.50. The van der Waals surface area contributed by atoms with Crippen molar-refractivity contribution in [1.82, 2.24) is 4.98 Å². The number of hydrogen-bond acceptors (Lipinski definition) is 5. The zero-order valence-corrected chi connectivity index (χ0v) is 21.9. The van der Waals surface area contributed by atoms with Crippen molar-refractivity contribution in [2.75, 3.05) is 5.32 Å². The first-order valence-corrected chi connectivity index (χ1v) is 11.7. The number of aromatic nitrogens is 1. The second kappa shape index (κ2) is 10.9. The van der Waals surface area contributed by atoms with Gasteiger partial charge in [-0.3, -0.25) is 0 Å². The molecule has 7 heteroatoms. The Morgan fingerprint density at radius 3 is 2.51 bits per heavy atom. The number of hydrogen-bond donors (Lipinski definition) is 2. The smallest absolute Gasteiger partial charge is 0.358 e. The zero-order valence-electron chi connectivity index (χ0n) is 20.5. The van der Waals surface area contributed by atoms with E-state index in [1.54, 1.807) is 24.4 Å². The molecule has 0 radical (unpaired) electrons. The number of rotatable bonds is 7. The molecule has 0 amide bonds. The number of benzene rings is 2. The van der Waals surface area contributed by atoms with Crippen molar-refractivity contribution in [1.29, 1.82) is 0 Å². The Balaban J connectivity index is 0.00000342. The molecule has 35 heavy (non-hydrogen) atoms. The van der Waals surface area contributed by atoms with Crippen LogP contribution in [0.1, 0.15) is 48.3 Å². The molecule has 1 unspecified atom stereocenters. The van der Waals surface area contributed by atoms with E-state index in [0.717, 1.165) is 31.5 Å². The molecular weight excluding hydrogens is 479 g/mol. The molecule has 0 aliphatic rings. The zero-order chi connectivity index (χ0) is 24.4. The number of carbonyl (C=O) groups is 1. The molecule has 2 N–H and O–H groups in total. The Hall–Kier alpha value is -3.35. The van der Waals surface area contributed by atoms with Crippen LogP contribution in [0.5, 0.6) is 5.88 Å². The van der Waals surface area contributed by atoms with Crippen LogP contribution in [0, 0.1) is 18.2 Å². The molecule has 0 bridgehead atoms. The third-order valence-corrected chi connectivity index (χ3v) is 5.97. The number of ether oxygens (including phenoxy) is 1. The fourth-order valence-electron chi connectivity index (χ4n) is 3.85. The summed E-state index contributed by atoms with van der Waals surface area (Å²) in [6, 6.07) is 16.6. The molecule has 0 aliphatic heterocycles. The molecule has 2 aromatic carbocycles. The first kappa shape index (κ1) is 26.3. The predicted octanol–water partition coefficient (Wildman–Crippen LogP) is 6.99. The number of pyridine rings is 1. The van der Waals surface area contributed by atoms with Gasteiger partial charge in [0.2, 0.25) is 0 Å². The summed E-state index contributed by atoms with van der Waals surface area (Å²) < 4.78 is 13.1. The van der Waals surface area contributed by atoms with Crippen molar-refractivity contribution >= 4 is 22.6 Å². The number of aromatic carboxylic acids is 1. The molecule has 2 aromatic heterocycles. The van der Waals surface area contributed by atoms with Gasteiger partial charge in [-0.15, -0.1) is 0 Å². The van der Waals surface area contributed by atoms with Crippen molar-refractivity contribution in [2.45, 2.75) is 39.8 Å². The van der Waals surface area contributed by atoms with Gasteiger partial charge in [-0.25, -0.2) is 0 Å². The topological polar surface area (TPSA) is 84.6 Å². The summed E-state index contributed by atoms with van der Waals surface area (Å²) in [7, 11) is 0. The van der Waals surface area contributed by atoms with Gasteiger partial charge < -0.3 is 7.43 Å². The average molecular weight is 508 g/mol. The minimum atomic E-state index is -0.970. The van der Waals surface area contributed by atoms with Crippen molar-refractivity contribution in [3.05, 3.63) is 88.8 Å². The van der Waals surface area contributed by atoms with Crippen molar-refractivity contribution in [3.8, 4) is 17.2 Å². The van der Waals surface area contributed by atoms with Gasteiger partial charge >= 0.3 is 207 Å². The van der Waals surface area contributed by atoms with Crippen LogP contribution in [0.2, 0.25) is 0 Å². The summed E-state index contributed by atoms with van der Waals surface area (Å²) in [6.07, 6.45) is 1.79. The van der Waals surface area contributed by atoms with Gasteiger partial charge in [0, 0.05) is 0 Å². The number of anilines is 1. The molecule has 4 aromatic rings. The standard InChI is InChI=1S/C27H26N2O4.CH3.V/c1-16(2)32-25-12-10-20(15-28-25)24-11-9-19-13-17(3)14-22(26(19)33-24)18(4)29-23-8-6-5-7-21(23)27(30)31;;/h5-8,10-16,18,29H,1-4H3,(H,30,31);1H3;/q;-1;. The van der Waals surface area contributed by atoms with Gasteiger partial charge in [0.15, 0.2) is 0 Å². The molecule has 0 spiro atoms. The molecule has 0 aliphatic carbocycles. The largest absolute Gasteiger partial charge is 0.358 e. The van der Waals surface area contributed by atoms with Crippen LogP contribution in [0.3, 0.4) is 0 Å². The number of fused-ring (bicyclic) bond motifs is 1. The van der Waals surface area contributed by atoms with Gasteiger partial charge in [-0.05, 0) is 0 Å². The first-order chi connectivity index (χ1) is 16.2. The molecule has 2 heterocycles. The van der Waals surface area contributed by atoms with Gasteiger partial charge in [0.05, 0.1) is 0 Å². The third kappa shape index (κ3) is 5.84. The number of nitrogens with one attached hydrogen (secondary N) is 1. The number of carboxylic acids is 1. The van der Waals surface area contributed by atoms with E-state index in [-0.39, 0.29) is 25.1 Å². The van der Waals surface area contributed by atoms with Gasteiger partial charge in [-0.1, -0.05) is 0 Å². The van der Waals surface area contributed by atoms with E-state index in [1.807, 2.05) is 52.0 Å². The van der Waals surface area contributed by atoms with E-state index in [2.05, 4.69) is 39.4 Å². The van der Waals surface area contributed by atoms with E-state index in [9.17, 15) is 9.90 Å². The molecule has 0 saturated heterocycles. The molecule has 4 rings (SSSR count). The summed E-state index contributed by atoms with van der Waals surface area (Å²) in [6.45, 7) is 7.96. The van der Waals surface area contributed by atoms with E-state index in [4.69, 9.17) is 9.15 Å². The SMILES string of the molecule is Cc1cc(C(C)Nc2ccccc2C(=O)O)c2oc(-c3ccc(OC(C)C)nc3)c[c](=[V])c2c1.[CH3-]. The van der Waals surface area contributed by atoms with Crippen LogP contribution in [0.4, 0.5) is 5.69 Å². The predicted molar refractivity (Wildman–Crippen MR) is 135 cm³/mol. The van der Waals surface area contributed by atoms with E-state index in [1.165, 1.54) is 0 Å². The van der Waals surface area contributed by atoms with Crippen LogP contribution in [0.15, 0.2) is 65.2 Å². The summed E-state index contributed by atoms with van der Waals surface area (Å²) in [4.78, 5) is 16.1. The molecule has 181 valence electrons. The van der Waals surface area contributed by atoms with Crippen LogP contribution in [-0.4, -0.2) is 22.2 Å².